The van der Waals surface area contributed by atoms with Gasteiger partial charge >= 0.3 is 5.97 Å². The van der Waals surface area contributed by atoms with Crippen LogP contribution in [-0.4, -0.2) is 32.5 Å². The van der Waals surface area contributed by atoms with E-state index >= 15 is 0 Å². The molecule has 2 aromatic rings. The van der Waals surface area contributed by atoms with Crippen LogP contribution in [0.1, 0.15) is 6.92 Å². The van der Waals surface area contributed by atoms with Gasteiger partial charge in [0.05, 0.1) is 17.0 Å². The Kier molecular flexibility index (Phi) is 4.91. The average molecular weight is 363 g/mol. The molecule has 1 atom stereocenters. The van der Waals surface area contributed by atoms with Crippen molar-refractivity contribution in [1.29, 1.82) is 0 Å². The highest BCUT2D eigenvalue weighted by atomic mass is 35.5. The van der Waals surface area contributed by atoms with E-state index in [0.29, 0.717) is 15.8 Å². The van der Waals surface area contributed by atoms with Crippen LogP contribution in [0.3, 0.4) is 0 Å². The lowest BCUT2D eigenvalue weighted by molar-refractivity contribution is -0.142. The molecule has 1 aromatic heterocycles. The molecule has 0 bridgehead atoms. The van der Waals surface area contributed by atoms with Crippen molar-refractivity contribution in [2.45, 2.75) is 17.9 Å². The zero-order valence-corrected chi connectivity index (χ0v) is 14.0. The van der Waals surface area contributed by atoms with Crippen molar-refractivity contribution in [2.75, 3.05) is 7.11 Å². The van der Waals surface area contributed by atoms with Gasteiger partial charge in [-0.1, -0.05) is 29.3 Å². The summed E-state index contributed by atoms with van der Waals surface area (Å²) in [6.07, 6.45) is 1.39. The van der Waals surface area contributed by atoms with E-state index in [0.717, 1.165) is 0 Å². The molecule has 0 radical (unpaired) electrons. The first kappa shape index (κ1) is 17.0. The summed E-state index contributed by atoms with van der Waals surface area (Å²) in [7, 11) is -2.74. The predicted molar refractivity (Wildman–Crippen MR) is 83.6 cm³/mol. The quantitative estimate of drug-likeness (QED) is 0.666. The number of hydrogen-bond acceptors (Lipinski definition) is 5. The van der Waals surface area contributed by atoms with Crippen LogP contribution in [-0.2, 0) is 19.6 Å². The van der Waals surface area contributed by atoms with Crippen LogP contribution in [0.4, 0.5) is 0 Å². The van der Waals surface area contributed by atoms with Gasteiger partial charge in [-0.15, -0.1) is 0 Å². The molecule has 1 N–H and O–H groups in total. The number of benzene rings is 1. The highest BCUT2D eigenvalue weighted by Gasteiger charge is 2.23. The molecule has 0 amide bonds. The van der Waals surface area contributed by atoms with Crippen molar-refractivity contribution in [3.63, 3.8) is 0 Å². The summed E-state index contributed by atoms with van der Waals surface area (Å²) in [6, 6.07) is 3.24. The van der Waals surface area contributed by atoms with E-state index in [1.807, 2.05) is 0 Å². The van der Waals surface area contributed by atoms with Gasteiger partial charge in [0.2, 0.25) is 10.0 Å². The van der Waals surface area contributed by atoms with E-state index in [-0.39, 0.29) is 10.0 Å². The fourth-order valence-electron chi connectivity index (χ4n) is 1.85. The molecular formula is C13H12Cl2N2O4S. The Morgan fingerprint density at radius 1 is 1.32 bits per heavy atom. The Morgan fingerprint density at radius 3 is 2.64 bits per heavy atom. The number of ether oxygens (including phenoxy) is 1. The molecule has 0 aliphatic rings. The van der Waals surface area contributed by atoms with E-state index in [1.165, 1.54) is 38.4 Å². The summed E-state index contributed by atoms with van der Waals surface area (Å²) in [5, 5.41) is 1.49. The molecule has 0 aliphatic heterocycles. The molecule has 9 heteroatoms. The van der Waals surface area contributed by atoms with Crippen molar-refractivity contribution in [3.05, 3.63) is 34.6 Å². The first-order valence-corrected chi connectivity index (χ1v) is 8.34. The third-order valence-electron chi connectivity index (χ3n) is 2.96. The van der Waals surface area contributed by atoms with Gasteiger partial charge in [-0.3, -0.25) is 4.79 Å². The lowest BCUT2D eigenvalue weighted by atomic mass is 10.2. The molecule has 0 saturated heterocycles. The summed E-state index contributed by atoms with van der Waals surface area (Å²) < 4.78 is 31.3. The van der Waals surface area contributed by atoms with Crippen LogP contribution in [0.2, 0.25) is 10.2 Å². The molecule has 6 nitrogen and oxygen atoms in total. The van der Waals surface area contributed by atoms with Gasteiger partial charge < -0.3 is 4.74 Å². The van der Waals surface area contributed by atoms with Gasteiger partial charge in [-0.2, -0.15) is 4.72 Å². The Bertz CT molecular complexity index is 839. The molecule has 0 fully saturated rings. The van der Waals surface area contributed by atoms with Crippen molar-refractivity contribution in [3.8, 4) is 0 Å². The Balaban J connectivity index is 2.46. The van der Waals surface area contributed by atoms with Crippen molar-refractivity contribution >= 4 is 50.0 Å². The first-order valence-electron chi connectivity index (χ1n) is 6.10. The van der Waals surface area contributed by atoms with E-state index < -0.39 is 22.0 Å². The molecule has 1 aromatic carbocycles. The summed E-state index contributed by atoms with van der Waals surface area (Å²) in [4.78, 5) is 15.2. The summed E-state index contributed by atoms with van der Waals surface area (Å²) in [5.41, 5.74) is 0. The minimum Gasteiger partial charge on any atom is -0.468 e. The minimum atomic E-state index is -3.92. The summed E-state index contributed by atoms with van der Waals surface area (Å²) >= 11 is 12.0. The predicted octanol–water partition coefficient (Wildman–Crippen LogP) is 2.38. The summed E-state index contributed by atoms with van der Waals surface area (Å²) in [5.74, 6) is -0.688. The zero-order chi connectivity index (χ0) is 16.5. The standard InChI is InChI=1S/C13H12Cl2N2O4S/c1-7(13(18)21-2)17-22(19,20)8-3-4-9-10(5-8)12(15)16-6-11(9)14/h3-7,17H,1-2H3. The number of nitrogens with zero attached hydrogens (tertiary/aromatic N) is 1. The van der Waals surface area contributed by atoms with Crippen LogP contribution in [0.15, 0.2) is 29.3 Å². The van der Waals surface area contributed by atoms with Crippen molar-refractivity contribution in [1.82, 2.24) is 9.71 Å². The van der Waals surface area contributed by atoms with Crippen molar-refractivity contribution < 1.29 is 17.9 Å². The van der Waals surface area contributed by atoms with E-state index in [2.05, 4.69) is 14.4 Å². The largest absolute Gasteiger partial charge is 0.468 e. The normalized spacial score (nSPS) is 13.1. The number of carbonyl (C=O) groups excluding carboxylic acids is 1. The third-order valence-corrected chi connectivity index (χ3v) is 5.10. The monoisotopic (exact) mass is 362 g/mol. The molecular weight excluding hydrogens is 351 g/mol. The number of esters is 1. The van der Waals surface area contributed by atoms with E-state index in [4.69, 9.17) is 23.2 Å². The van der Waals surface area contributed by atoms with Gasteiger partial charge in [0.1, 0.15) is 11.2 Å². The minimum absolute atomic E-state index is 0.0540. The smallest absolute Gasteiger partial charge is 0.323 e. The lowest BCUT2D eigenvalue weighted by Crippen LogP contribution is -2.39. The fraction of sp³-hybridized carbons (Fsp3) is 0.231. The molecule has 0 aliphatic carbocycles. The van der Waals surface area contributed by atoms with Gasteiger partial charge in [0.25, 0.3) is 0 Å². The number of nitrogens with one attached hydrogen (secondary N) is 1. The van der Waals surface area contributed by atoms with Crippen LogP contribution in [0.5, 0.6) is 0 Å². The Hall–Kier alpha value is -1.41. The number of carbonyl (C=O) groups is 1. The number of pyridine rings is 1. The van der Waals surface area contributed by atoms with Gasteiger partial charge in [-0.05, 0) is 19.1 Å². The number of methoxy groups -OCH3 is 1. The van der Waals surface area contributed by atoms with Crippen LogP contribution >= 0.6 is 23.2 Å². The molecule has 0 spiro atoms. The highest BCUT2D eigenvalue weighted by molar-refractivity contribution is 7.89. The fourth-order valence-corrected chi connectivity index (χ4v) is 3.48. The molecule has 1 heterocycles. The van der Waals surface area contributed by atoms with Gasteiger partial charge in [-0.25, -0.2) is 13.4 Å². The first-order chi connectivity index (χ1) is 10.3. The topological polar surface area (TPSA) is 85.4 Å². The number of sulfonamides is 1. The second-order valence-corrected chi connectivity index (χ2v) is 6.95. The van der Waals surface area contributed by atoms with Crippen LogP contribution in [0.25, 0.3) is 10.8 Å². The SMILES string of the molecule is COC(=O)C(C)NS(=O)(=O)c1ccc2c(Cl)cnc(Cl)c2c1. The maximum Gasteiger partial charge on any atom is 0.323 e. The van der Waals surface area contributed by atoms with Gasteiger partial charge in [0, 0.05) is 17.0 Å². The number of halogens is 2. The maximum atomic E-state index is 12.3. The van der Waals surface area contributed by atoms with Crippen LogP contribution in [0, 0.1) is 0 Å². The van der Waals surface area contributed by atoms with Gasteiger partial charge in [0.15, 0.2) is 0 Å². The second kappa shape index (κ2) is 6.37. The number of rotatable bonds is 4. The Morgan fingerprint density at radius 2 is 2.00 bits per heavy atom. The number of fused-ring (bicyclic) bond motifs is 1. The Labute approximate surface area is 137 Å². The maximum absolute atomic E-state index is 12.3. The van der Waals surface area contributed by atoms with Crippen molar-refractivity contribution in [2.24, 2.45) is 0 Å². The van der Waals surface area contributed by atoms with E-state index in [1.54, 1.807) is 0 Å². The summed E-state index contributed by atoms with van der Waals surface area (Å²) in [6.45, 7) is 1.38. The third kappa shape index (κ3) is 3.33. The molecule has 1 unspecified atom stereocenters. The van der Waals surface area contributed by atoms with E-state index in [9.17, 15) is 13.2 Å². The van der Waals surface area contributed by atoms with Crippen LogP contribution < -0.4 is 4.72 Å². The number of hydrogen-bond donors (Lipinski definition) is 1. The molecule has 118 valence electrons. The zero-order valence-electron chi connectivity index (χ0n) is 11.6. The molecule has 2 rings (SSSR count). The second-order valence-electron chi connectivity index (χ2n) is 4.47. The molecule has 0 saturated carbocycles. The molecule has 22 heavy (non-hydrogen) atoms. The number of aromatic nitrogens is 1. The lowest BCUT2D eigenvalue weighted by Gasteiger charge is -2.13. The highest BCUT2D eigenvalue weighted by Crippen LogP contribution is 2.29. The average Bonchev–Trinajstić information content (AvgIpc) is 2.49.